The first-order valence-corrected chi connectivity index (χ1v) is 8.20. The average molecular weight is 409 g/mol. The summed E-state index contributed by atoms with van der Waals surface area (Å²) in [7, 11) is 0. The Morgan fingerprint density at radius 3 is 2.56 bits per heavy atom. The molecule has 0 bridgehead atoms. The van der Waals surface area contributed by atoms with Gasteiger partial charge in [-0.15, -0.1) is 17.5 Å². The number of H-pyrrole nitrogens is 1. The van der Waals surface area contributed by atoms with Crippen molar-refractivity contribution in [1.82, 2.24) is 10.2 Å². The lowest BCUT2D eigenvalue weighted by molar-refractivity contribution is -0.137. The molecule has 0 amide bonds. The number of halogens is 4. The molecule has 0 spiro atoms. The number of nitrogens with one attached hydrogen (secondary N) is 1. The second kappa shape index (κ2) is 8.32. The van der Waals surface area contributed by atoms with E-state index < -0.39 is 23.6 Å². The summed E-state index contributed by atoms with van der Waals surface area (Å²) < 4.78 is 45.1. The molecule has 27 heavy (non-hydrogen) atoms. The number of nitrogens with zero attached hydrogens (tertiary/aromatic N) is 2. The van der Waals surface area contributed by atoms with Crippen LogP contribution in [0.1, 0.15) is 18.4 Å². The van der Waals surface area contributed by atoms with E-state index in [9.17, 15) is 23.1 Å². The van der Waals surface area contributed by atoms with Gasteiger partial charge in [-0.1, -0.05) is 0 Å². The van der Waals surface area contributed by atoms with Gasteiger partial charge in [-0.2, -0.15) is 13.2 Å². The predicted octanol–water partition coefficient (Wildman–Crippen LogP) is 2.01. The monoisotopic (exact) mass is 408 g/mol. The van der Waals surface area contributed by atoms with Gasteiger partial charge in [0.15, 0.2) is 0 Å². The number of aromatic nitrogens is 2. The van der Waals surface area contributed by atoms with Crippen LogP contribution in [-0.2, 0) is 6.18 Å². The summed E-state index contributed by atoms with van der Waals surface area (Å²) >= 11 is 0. The number of aliphatic hydroxyl groups excluding tert-OH is 1. The Morgan fingerprint density at radius 2 is 2.04 bits per heavy atom. The SMILES string of the molecule is Cl.NCC(O)C1CCN(c2cc(-c3n[nH]c(=O)o3)ccc2C(F)(F)F)CC1. The lowest BCUT2D eigenvalue weighted by Gasteiger charge is -2.36. The maximum absolute atomic E-state index is 13.4. The summed E-state index contributed by atoms with van der Waals surface area (Å²) in [5.74, 6) is -0.880. The maximum atomic E-state index is 13.4. The van der Waals surface area contributed by atoms with Gasteiger partial charge in [0, 0.05) is 30.9 Å². The second-order valence-corrected chi connectivity index (χ2v) is 6.28. The minimum Gasteiger partial charge on any atom is -0.392 e. The number of aliphatic hydroxyl groups is 1. The molecule has 2 aromatic rings. The van der Waals surface area contributed by atoms with Crippen molar-refractivity contribution in [3.8, 4) is 11.5 Å². The number of hydrogen-bond acceptors (Lipinski definition) is 6. The van der Waals surface area contributed by atoms with Crippen LogP contribution in [0.25, 0.3) is 11.5 Å². The largest absolute Gasteiger partial charge is 0.434 e. The molecule has 7 nitrogen and oxygen atoms in total. The van der Waals surface area contributed by atoms with E-state index in [4.69, 9.17) is 10.2 Å². The Balaban J connectivity index is 0.00000261. The van der Waals surface area contributed by atoms with Crippen LogP contribution in [0.2, 0.25) is 0 Å². The molecule has 1 aromatic heterocycles. The zero-order valence-corrected chi connectivity index (χ0v) is 15.0. The Bertz CT molecular complexity index is 816. The van der Waals surface area contributed by atoms with Gasteiger partial charge in [-0.05, 0) is 37.0 Å². The molecule has 1 aliphatic rings. The molecule has 150 valence electrons. The molecule has 1 atom stereocenters. The molecule has 0 radical (unpaired) electrons. The molecular formula is C16H20ClF3N4O3. The van der Waals surface area contributed by atoms with E-state index in [-0.39, 0.29) is 42.0 Å². The van der Waals surface area contributed by atoms with Gasteiger partial charge in [-0.25, -0.2) is 9.89 Å². The third-order valence-corrected chi connectivity index (χ3v) is 4.65. The van der Waals surface area contributed by atoms with E-state index in [0.29, 0.717) is 25.9 Å². The lowest BCUT2D eigenvalue weighted by atomic mass is 9.90. The number of nitrogens with two attached hydrogens (primary N) is 1. The highest BCUT2D eigenvalue weighted by Gasteiger charge is 2.36. The standard InChI is InChI=1S/C16H19F3N4O3.ClH/c17-16(18,19)11-2-1-10(14-21-22-15(25)26-14)7-12(11)23-5-3-9(4-6-23)13(24)8-20;/h1-2,7,9,13,24H,3-6,8,20H2,(H,22,25);1H. The van der Waals surface area contributed by atoms with Crippen LogP contribution in [0.5, 0.6) is 0 Å². The molecule has 1 fully saturated rings. The number of alkyl halides is 3. The number of anilines is 1. The highest BCUT2D eigenvalue weighted by atomic mass is 35.5. The molecule has 1 unspecified atom stereocenters. The third kappa shape index (κ3) is 4.63. The summed E-state index contributed by atoms with van der Waals surface area (Å²) in [4.78, 5) is 12.7. The first-order chi connectivity index (χ1) is 12.3. The second-order valence-electron chi connectivity index (χ2n) is 6.28. The van der Waals surface area contributed by atoms with Gasteiger partial charge in [0.2, 0.25) is 5.89 Å². The normalized spacial score (nSPS) is 16.9. The number of hydrogen-bond donors (Lipinski definition) is 3. The lowest BCUT2D eigenvalue weighted by Crippen LogP contribution is -2.40. The molecule has 11 heteroatoms. The molecule has 2 heterocycles. The number of benzene rings is 1. The van der Waals surface area contributed by atoms with E-state index in [1.807, 2.05) is 0 Å². The van der Waals surface area contributed by atoms with Crippen molar-refractivity contribution >= 4 is 18.1 Å². The third-order valence-electron chi connectivity index (χ3n) is 4.65. The minimum absolute atomic E-state index is 0. The first kappa shape index (κ1) is 21.3. The maximum Gasteiger partial charge on any atom is 0.434 e. The average Bonchev–Trinajstić information content (AvgIpc) is 3.06. The zero-order valence-electron chi connectivity index (χ0n) is 14.2. The molecule has 1 aromatic carbocycles. The summed E-state index contributed by atoms with van der Waals surface area (Å²) in [5, 5.41) is 15.6. The van der Waals surface area contributed by atoms with Crippen molar-refractivity contribution in [1.29, 1.82) is 0 Å². The summed E-state index contributed by atoms with van der Waals surface area (Å²) in [6.45, 7) is 0.851. The fourth-order valence-electron chi connectivity index (χ4n) is 3.24. The van der Waals surface area contributed by atoms with Crippen molar-refractivity contribution in [2.24, 2.45) is 11.7 Å². The zero-order chi connectivity index (χ0) is 18.9. The molecule has 0 aliphatic carbocycles. The van der Waals surface area contributed by atoms with Crippen LogP contribution in [0, 0.1) is 5.92 Å². The molecule has 1 saturated heterocycles. The smallest absolute Gasteiger partial charge is 0.392 e. The molecule has 0 saturated carbocycles. The van der Waals surface area contributed by atoms with Crippen LogP contribution in [0.15, 0.2) is 27.4 Å². The first-order valence-electron chi connectivity index (χ1n) is 8.20. The van der Waals surface area contributed by atoms with Gasteiger partial charge in [0.05, 0.1) is 11.7 Å². The van der Waals surface area contributed by atoms with Crippen molar-refractivity contribution in [3.63, 3.8) is 0 Å². The van der Waals surface area contributed by atoms with Crippen molar-refractivity contribution in [2.75, 3.05) is 24.5 Å². The van der Waals surface area contributed by atoms with E-state index in [2.05, 4.69) is 10.2 Å². The van der Waals surface area contributed by atoms with Crippen LogP contribution in [0.4, 0.5) is 18.9 Å². The quantitative estimate of drug-likeness (QED) is 0.714. The summed E-state index contributed by atoms with van der Waals surface area (Å²) in [6, 6.07) is 3.50. The van der Waals surface area contributed by atoms with E-state index in [1.165, 1.54) is 12.1 Å². The van der Waals surface area contributed by atoms with Crippen LogP contribution >= 0.6 is 12.4 Å². The fraction of sp³-hybridized carbons (Fsp3) is 0.500. The molecule has 1 aliphatic heterocycles. The van der Waals surface area contributed by atoms with E-state index in [0.717, 1.165) is 6.07 Å². The van der Waals surface area contributed by atoms with Gasteiger partial charge in [0.1, 0.15) is 0 Å². The van der Waals surface area contributed by atoms with Crippen molar-refractivity contribution < 1.29 is 22.7 Å². The summed E-state index contributed by atoms with van der Waals surface area (Å²) in [5.41, 5.74) is 4.97. The Morgan fingerprint density at radius 1 is 1.37 bits per heavy atom. The highest BCUT2D eigenvalue weighted by Crippen LogP contribution is 2.40. The summed E-state index contributed by atoms with van der Waals surface area (Å²) in [6.07, 6.45) is -4.09. The molecular weight excluding hydrogens is 389 g/mol. The van der Waals surface area contributed by atoms with Gasteiger partial charge in [0.25, 0.3) is 0 Å². The Kier molecular flexibility index (Phi) is 6.55. The molecule has 4 N–H and O–H groups in total. The Hall–Kier alpha value is -2.04. The predicted molar refractivity (Wildman–Crippen MR) is 94.8 cm³/mol. The van der Waals surface area contributed by atoms with Gasteiger partial charge >= 0.3 is 11.9 Å². The van der Waals surface area contributed by atoms with Gasteiger partial charge < -0.3 is 20.2 Å². The van der Waals surface area contributed by atoms with Crippen LogP contribution in [0.3, 0.4) is 0 Å². The molecule has 3 rings (SSSR count). The van der Waals surface area contributed by atoms with Gasteiger partial charge in [-0.3, -0.25) is 0 Å². The van der Waals surface area contributed by atoms with E-state index in [1.54, 1.807) is 4.90 Å². The van der Waals surface area contributed by atoms with Crippen molar-refractivity contribution in [3.05, 3.63) is 34.3 Å². The number of rotatable bonds is 4. The Labute approximate surface area is 158 Å². The number of aromatic amines is 1. The topological polar surface area (TPSA) is 108 Å². The highest BCUT2D eigenvalue weighted by molar-refractivity contribution is 5.85. The van der Waals surface area contributed by atoms with E-state index >= 15 is 0 Å². The minimum atomic E-state index is -4.52. The van der Waals surface area contributed by atoms with Crippen LogP contribution < -0.4 is 16.4 Å². The van der Waals surface area contributed by atoms with Crippen molar-refractivity contribution in [2.45, 2.75) is 25.1 Å². The van der Waals surface area contributed by atoms with Crippen LogP contribution in [-0.4, -0.2) is 41.0 Å². The fourth-order valence-corrected chi connectivity index (χ4v) is 3.24. The number of piperidine rings is 1.